The molecule has 5 heteroatoms. The molecule has 2 aromatic heterocycles. The summed E-state index contributed by atoms with van der Waals surface area (Å²) in [5.74, 6) is 0.534. The van der Waals surface area contributed by atoms with E-state index in [0.717, 1.165) is 22.5 Å². The average molecular weight is 232 g/mol. The molecule has 88 valence electrons. The maximum Gasteiger partial charge on any atom is 0.214 e. The first-order chi connectivity index (χ1) is 8.08. The van der Waals surface area contributed by atoms with Crippen molar-refractivity contribution >= 4 is 16.8 Å². The third kappa shape index (κ3) is 1.36. The summed E-state index contributed by atoms with van der Waals surface area (Å²) in [7, 11) is 1.87. The van der Waals surface area contributed by atoms with Gasteiger partial charge >= 0.3 is 0 Å². The van der Waals surface area contributed by atoms with Gasteiger partial charge in [-0.1, -0.05) is 0 Å². The van der Waals surface area contributed by atoms with Crippen LogP contribution in [-0.2, 0) is 7.05 Å². The number of aryl methyl sites for hydroxylation is 1. The summed E-state index contributed by atoms with van der Waals surface area (Å²) in [4.78, 5) is 4.46. The fraction of sp³-hybridized carbons (Fsp3) is 0.250. The quantitative estimate of drug-likeness (QED) is 0.697. The van der Waals surface area contributed by atoms with E-state index in [1.54, 1.807) is 6.07 Å². The zero-order valence-corrected chi connectivity index (χ0v) is 9.68. The van der Waals surface area contributed by atoms with E-state index in [0.29, 0.717) is 0 Å². The minimum atomic E-state index is -0.242. The van der Waals surface area contributed by atoms with Crippen LogP contribution in [0.25, 0.3) is 16.8 Å². The fourth-order valence-electron chi connectivity index (χ4n) is 2.10. The maximum absolute atomic E-state index is 13.2. The molecule has 0 bridgehead atoms. The van der Waals surface area contributed by atoms with Gasteiger partial charge in [-0.05, 0) is 25.1 Å². The van der Waals surface area contributed by atoms with Gasteiger partial charge in [0.05, 0.1) is 16.7 Å². The molecule has 3 rings (SSSR count). The van der Waals surface area contributed by atoms with Crippen LogP contribution in [0.15, 0.2) is 24.4 Å². The van der Waals surface area contributed by atoms with Crippen molar-refractivity contribution in [3.8, 4) is 0 Å². The Hall–Kier alpha value is -1.88. The van der Waals surface area contributed by atoms with Gasteiger partial charge in [-0.25, -0.2) is 9.37 Å². The Kier molecular flexibility index (Phi) is 2.00. The minimum absolute atomic E-state index is 0.106. The number of aromatic nitrogens is 3. The predicted molar refractivity (Wildman–Crippen MR) is 64.2 cm³/mol. The lowest BCUT2D eigenvalue weighted by Crippen LogP contribution is -2.05. The zero-order chi connectivity index (χ0) is 12.2. The van der Waals surface area contributed by atoms with E-state index in [1.165, 1.54) is 12.1 Å². The second-order valence-corrected chi connectivity index (χ2v) is 4.32. The summed E-state index contributed by atoms with van der Waals surface area (Å²) >= 11 is 0. The largest absolute Gasteiger partial charge is 0.323 e. The monoisotopic (exact) mass is 232 g/mol. The van der Waals surface area contributed by atoms with Crippen molar-refractivity contribution in [1.29, 1.82) is 0 Å². The van der Waals surface area contributed by atoms with Crippen molar-refractivity contribution in [2.75, 3.05) is 0 Å². The highest BCUT2D eigenvalue weighted by atomic mass is 19.1. The molecule has 0 saturated heterocycles. The van der Waals surface area contributed by atoms with Crippen molar-refractivity contribution < 1.29 is 4.39 Å². The molecule has 0 aliphatic rings. The highest BCUT2D eigenvalue weighted by molar-refractivity contribution is 5.80. The Bertz CT molecular complexity index is 708. The molecule has 1 aromatic carbocycles. The molecule has 0 radical (unpaired) electrons. The van der Waals surface area contributed by atoms with E-state index in [4.69, 9.17) is 5.73 Å². The first-order valence-corrected chi connectivity index (χ1v) is 5.46. The van der Waals surface area contributed by atoms with Crippen molar-refractivity contribution in [3.63, 3.8) is 0 Å². The molecular formula is C12H13FN4. The molecule has 0 aliphatic heterocycles. The van der Waals surface area contributed by atoms with Crippen molar-refractivity contribution in [1.82, 2.24) is 14.0 Å². The normalized spacial score (nSPS) is 13.6. The van der Waals surface area contributed by atoms with Gasteiger partial charge in [0.15, 0.2) is 0 Å². The van der Waals surface area contributed by atoms with E-state index in [2.05, 4.69) is 4.98 Å². The van der Waals surface area contributed by atoms with E-state index < -0.39 is 0 Å². The smallest absolute Gasteiger partial charge is 0.214 e. The van der Waals surface area contributed by atoms with Gasteiger partial charge in [-0.3, -0.25) is 4.40 Å². The summed E-state index contributed by atoms with van der Waals surface area (Å²) in [6, 6.07) is 4.61. The summed E-state index contributed by atoms with van der Waals surface area (Å²) in [6.07, 6.45) is 1.90. The molecule has 0 amide bonds. The average Bonchev–Trinajstić information content (AvgIpc) is 2.80. The Morgan fingerprint density at radius 1 is 1.35 bits per heavy atom. The topological polar surface area (TPSA) is 48.2 Å². The molecule has 3 aromatic rings. The van der Waals surface area contributed by atoms with Crippen molar-refractivity contribution in [2.45, 2.75) is 13.0 Å². The highest BCUT2D eigenvalue weighted by Gasteiger charge is 2.13. The molecule has 2 N–H and O–H groups in total. The Morgan fingerprint density at radius 2 is 2.12 bits per heavy atom. The molecule has 0 aliphatic carbocycles. The molecule has 2 heterocycles. The summed E-state index contributed by atoms with van der Waals surface area (Å²) in [5.41, 5.74) is 8.40. The summed E-state index contributed by atoms with van der Waals surface area (Å²) in [6.45, 7) is 1.89. The Balaban J connectivity index is 2.42. The van der Waals surface area contributed by atoms with E-state index >= 15 is 0 Å². The number of benzene rings is 1. The van der Waals surface area contributed by atoms with Gasteiger partial charge < -0.3 is 10.3 Å². The second kappa shape index (κ2) is 3.30. The third-order valence-corrected chi connectivity index (χ3v) is 3.03. The SMILES string of the molecule is CC(N)c1cn2c3ccc(F)cc3n(C)c2n1. The molecule has 17 heavy (non-hydrogen) atoms. The molecule has 4 nitrogen and oxygen atoms in total. The Morgan fingerprint density at radius 3 is 2.82 bits per heavy atom. The number of imidazole rings is 2. The zero-order valence-electron chi connectivity index (χ0n) is 9.68. The molecular weight excluding hydrogens is 219 g/mol. The number of nitrogens with two attached hydrogens (primary N) is 1. The highest BCUT2D eigenvalue weighted by Crippen LogP contribution is 2.22. The first kappa shape index (κ1) is 10.3. The van der Waals surface area contributed by atoms with Crippen LogP contribution in [0.1, 0.15) is 18.7 Å². The summed E-state index contributed by atoms with van der Waals surface area (Å²) in [5, 5.41) is 0. The molecule has 0 saturated carbocycles. The van der Waals surface area contributed by atoms with Gasteiger partial charge in [-0.15, -0.1) is 0 Å². The number of hydrogen-bond acceptors (Lipinski definition) is 2. The van der Waals surface area contributed by atoms with Crippen molar-refractivity contribution in [2.24, 2.45) is 12.8 Å². The van der Waals surface area contributed by atoms with Crippen molar-refractivity contribution in [3.05, 3.63) is 35.9 Å². The molecule has 1 atom stereocenters. The fourth-order valence-corrected chi connectivity index (χ4v) is 2.10. The Labute approximate surface area is 97.5 Å². The van der Waals surface area contributed by atoms with Crippen LogP contribution in [0.4, 0.5) is 4.39 Å². The predicted octanol–water partition coefficient (Wildman–Crippen LogP) is 1.98. The molecule has 0 spiro atoms. The molecule has 0 fully saturated rings. The number of rotatable bonds is 1. The third-order valence-electron chi connectivity index (χ3n) is 3.03. The summed E-state index contributed by atoms with van der Waals surface area (Å²) < 4.78 is 17.0. The number of halogens is 1. The van der Waals surface area contributed by atoms with Crippen LogP contribution in [0.5, 0.6) is 0 Å². The van der Waals surface area contributed by atoms with Crippen LogP contribution in [0.2, 0.25) is 0 Å². The lowest BCUT2D eigenvalue weighted by molar-refractivity contribution is 0.629. The lowest BCUT2D eigenvalue weighted by atomic mass is 10.3. The van der Waals surface area contributed by atoms with Crippen LogP contribution in [0, 0.1) is 5.82 Å². The van der Waals surface area contributed by atoms with Gasteiger partial charge in [0.1, 0.15) is 5.82 Å². The van der Waals surface area contributed by atoms with E-state index in [-0.39, 0.29) is 11.9 Å². The number of nitrogens with zero attached hydrogens (tertiary/aromatic N) is 3. The van der Waals surface area contributed by atoms with E-state index in [1.807, 2.05) is 29.1 Å². The van der Waals surface area contributed by atoms with Gasteiger partial charge in [0.2, 0.25) is 5.78 Å². The second-order valence-electron chi connectivity index (χ2n) is 4.32. The standard InChI is InChI=1S/C12H13FN4/c1-7(14)9-6-17-10-4-3-8(13)5-11(10)16(2)12(17)15-9/h3-7H,14H2,1-2H3. The lowest BCUT2D eigenvalue weighted by Gasteiger charge is -1.99. The van der Waals surface area contributed by atoms with Gasteiger partial charge in [0, 0.05) is 19.3 Å². The van der Waals surface area contributed by atoms with Crippen LogP contribution in [-0.4, -0.2) is 14.0 Å². The van der Waals surface area contributed by atoms with Crippen LogP contribution >= 0.6 is 0 Å². The molecule has 1 unspecified atom stereocenters. The van der Waals surface area contributed by atoms with E-state index in [9.17, 15) is 4.39 Å². The first-order valence-electron chi connectivity index (χ1n) is 5.46. The van der Waals surface area contributed by atoms with Gasteiger partial charge in [0.25, 0.3) is 0 Å². The van der Waals surface area contributed by atoms with Gasteiger partial charge in [-0.2, -0.15) is 0 Å². The number of hydrogen-bond donors (Lipinski definition) is 1. The van der Waals surface area contributed by atoms with Crippen LogP contribution < -0.4 is 5.73 Å². The maximum atomic E-state index is 13.2. The van der Waals surface area contributed by atoms with Crippen LogP contribution in [0.3, 0.4) is 0 Å². The number of fused-ring (bicyclic) bond motifs is 3. The minimum Gasteiger partial charge on any atom is -0.323 e.